The summed E-state index contributed by atoms with van der Waals surface area (Å²) >= 11 is 0. The summed E-state index contributed by atoms with van der Waals surface area (Å²) in [5.74, 6) is 4.99. The van der Waals surface area contributed by atoms with Crippen LogP contribution in [-0.2, 0) is 4.74 Å². The van der Waals surface area contributed by atoms with Crippen molar-refractivity contribution in [2.75, 3.05) is 19.7 Å². The second-order valence-corrected chi connectivity index (χ2v) is 3.11. The van der Waals surface area contributed by atoms with Crippen molar-refractivity contribution in [2.45, 2.75) is 19.1 Å². The number of aliphatic hydroxyl groups excluding tert-OH is 1. The number of morpholine rings is 1. The Balaban J connectivity index is 2.51. The molecule has 13 heavy (non-hydrogen) atoms. The van der Waals surface area contributed by atoms with Crippen molar-refractivity contribution in [2.24, 2.45) is 5.84 Å². The average Bonchev–Trinajstić information content (AvgIpc) is 2.15. The molecular formula is C7H15N3O3. The van der Waals surface area contributed by atoms with Gasteiger partial charge in [-0.1, -0.05) is 0 Å². The molecule has 0 aromatic heterocycles. The molecule has 76 valence electrons. The highest BCUT2D eigenvalue weighted by molar-refractivity contribution is 5.73. The standard InChI is InChI=1S/C7H15N3O3/c1-5-2-10(7(12)9-8)3-6(4-11)13-5/h5-6,11H,2-4,8H2,1H3,(H,9,12). The second kappa shape index (κ2) is 4.40. The molecule has 2 unspecified atom stereocenters. The third-order valence-electron chi connectivity index (χ3n) is 1.94. The van der Waals surface area contributed by atoms with Crippen LogP contribution in [0.2, 0.25) is 0 Å². The van der Waals surface area contributed by atoms with E-state index in [-0.39, 0.29) is 24.8 Å². The van der Waals surface area contributed by atoms with Crippen LogP contribution in [0.15, 0.2) is 0 Å². The van der Waals surface area contributed by atoms with Gasteiger partial charge in [0.2, 0.25) is 0 Å². The fraction of sp³-hybridized carbons (Fsp3) is 0.857. The first-order valence-corrected chi connectivity index (χ1v) is 4.19. The number of rotatable bonds is 1. The molecule has 0 saturated carbocycles. The lowest BCUT2D eigenvalue weighted by molar-refractivity contribution is -0.0833. The summed E-state index contributed by atoms with van der Waals surface area (Å²) in [6.07, 6.45) is -0.371. The van der Waals surface area contributed by atoms with Crippen molar-refractivity contribution in [3.8, 4) is 0 Å². The van der Waals surface area contributed by atoms with E-state index in [1.54, 1.807) is 0 Å². The Kier molecular flexibility index (Phi) is 3.47. The Morgan fingerprint density at radius 3 is 3.00 bits per heavy atom. The van der Waals surface area contributed by atoms with Gasteiger partial charge in [0.05, 0.1) is 25.4 Å². The molecule has 6 heteroatoms. The Morgan fingerprint density at radius 1 is 1.77 bits per heavy atom. The van der Waals surface area contributed by atoms with Crippen LogP contribution >= 0.6 is 0 Å². The molecule has 6 nitrogen and oxygen atoms in total. The van der Waals surface area contributed by atoms with E-state index in [1.165, 1.54) is 4.90 Å². The van der Waals surface area contributed by atoms with Crippen molar-refractivity contribution in [1.82, 2.24) is 10.3 Å². The number of ether oxygens (including phenoxy) is 1. The molecule has 1 fully saturated rings. The number of hydrogen-bond acceptors (Lipinski definition) is 4. The lowest BCUT2D eigenvalue weighted by Crippen LogP contribution is -2.54. The molecule has 0 radical (unpaired) electrons. The summed E-state index contributed by atoms with van der Waals surface area (Å²) in [5, 5.41) is 8.87. The average molecular weight is 189 g/mol. The van der Waals surface area contributed by atoms with Crippen molar-refractivity contribution >= 4 is 6.03 Å². The highest BCUT2D eigenvalue weighted by Gasteiger charge is 2.27. The van der Waals surface area contributed by atoms with E-state index in [9.17, 15) is 4.79 Å². The fourth-order valence-corrected chi connectivity index (χ4v) is 1.40. The third kappa shape index (κ3) is 2.55. The van der Waals surface area contributed by atoms with Crippen LogP contribution in [0.25, 0.3) is 0 Å². The molecule has 1 heterocycles. The molecule has 2 atom stereocenters. The molecule has 0 aromatic rings. The summed E-state index contributed by atoms with van der Waals surface area (Å²) in [4.78, 5) is 12.6. The van der Waals surface area contributed by atoms with Gasteiger partial charge in [-0.2, -0.15) is 0 Å². The first-order chi connectivity index (χ1) is 6.17. The van der Waals surface area contributed by atoms with Gasteiger partial charge in [-0.25, -0.2) is 10.6 Å². The summed E-state index contributed by atoms with van der Waals surface area (Å²) in [5.41, 5.74) is 2.05. The maximum atomic E-state index is 11.1. The van der Waals surface area contributed by atoms with Crippen LogP contribution in [0.5, 0.6) is 0 Å². The normalized spacial score (nSPS) is 28.7. The number of carbonyl (C=O) groups is 1. The minimum absolute atomic E-state index is 0.0665. The van der Waals surface area contributed by atoms with Crippen LogP contribution in [0.1, 0.15) is 6.92 Å². The van der Waals surface area contributed by atoms with Gasteiger partial charge in [-0.05, 0) is 6.92 Å². The Labute approximate surface area is 76.6 Å². The quantitative estimate of drug-likeness (QED) is 0.270. The maximum Gasteiger partial charge on any atom is 0.331 e. The van der Waals surface area contributed by atoms with Crippen molar-refractivity contribution in [3.05, 3.63) is 0 Å². The zero-order valence-corrected chi connectivity index (χ0v) is 7.56. The van der Waals surface area contributed by atoms with E-state index >= 15 is 0 Å². The maximum absolute atomic E-state index is 11.1. The van der Waals surface area contributed by atoms with Gasteiger partial charge in [-0.15, -0.1) is 0 Å². The van der Waals surface area contributed by atoms with Gasteiger partial charge in [-0.3, -0.25) is 5.43 Å². The van der Waals surface area contributed by atoms with Crippen molar-refractivity contribution in [1.29, 1.82) is 0 Å². The first-order valence-electron chi connectivity index (χ1n) is 4.19. The summed E-state index contributed by atoms with van der Waals surface area (Å²) in [6, 6.07) is -0.339. The molecule has 1 saturated heterocycles. The van der Waals surface area contributed by atoms with E-state index in [1.807, 2.05) is 12.3 Å². The highest BCUT2D eigenvalue weighted by atomic mass is 16.5. The minimum atomic E-state index is -0.339. The van der Waals surface area contributed by atoms with Crippen LogP contribution in [0.3, 0.4) is 0 Å². The van der Waals surface area contributed by atoms with E-state index in [0.29, 0.717) is 13.1 Å². The number of nitrogens with zero attached hydrogens (tertiary/aromatic N) is 1. The number of amides is 2. The third-order valence-corrected chi connectivity index (χ3v) is 1.94. The van der Waals surface area contributed by atoms with Crippen molar-refractivity contribution < 1.29 is 14.6 Å². The topological polar surface area (TPSA) is 87.8 Å². The number of urea groups is 1. The molecule has 0 aromatic carbocycles. The van der Waals surface area contributed by atoms with Crippen LogP contribution in [0.4, 0.5) is 4.79 Å². The van der Waals surface area contributed by atoms with E-state index in [4.69, 9.17) is 15.7 Å². The predicted molar refractivity (Wildman–Crippen MR) is 45.7 cm³/mol. The Morgan fingerprint density at radius 2 is 2.46 bits per heavy atom. The molecule has 2 amide bonds. The zero-order chi connectivity index (χ0) is 9.84. The van der Waals surface area contributed by atoms with Gasteiger partial charge in [0, 0.05) is 6.54 Å². The molecule has 1 aliphatic heterocycles. The summed E-state index contributed by atoms with van der Waals surface area (Å²) in [7, 11) is 0. The molecular weight excluding hydrogens is 174 g/mol. The Bertz CT molecular complexity index is 188. The van der Waals surface area contributed by atoms with Crippen LogP contribution in [-0.4, -0.2) is 47.9 Å². The number of carbonyl (C=O) groups excluding carboxylic acids is 1. The Hall–Kier alpha value is -0.850. The predicted octanol–water partition coefficient (Wildman–Crippen LogP) is -1.35. The van der Waals surface area contributed by atoms with E-state index in [2.05, 4.69) is 0 Å². The zero-order valence-electron chi connectivity index (χ0n) is 7.56. The van der Waals surface area contributed by atoms with Gasteiger partial charge in [0.15, 0.2) is 0 Å². The van der Waals surface area contributed by atoms with Gasteiger partial charge in [0.25, 0.3) is 0 Å². The molecule has 0 bridgehead atoms. The van der Waals surface area contributed by atoms with Gasteiger partial charge < -0.3 is 14.7 Å². The minimum Gasteiger partial charge on any atom is -0.394 e. The van der Waals surface area contributed by atoms with E-state index < -0.39 is 0 Å². The number of hydrogen-bond donors (Lipinski definition) is 3. The molecule has 0 aliphatic carbocycles. The van der Waals surface area contributed by atoms with Crippen LogP contribution in [0, 0.1) is 0 Å². The number of nitrogens with two attached hydrogens (primary N) is 1. The van der Waals surface area contributed by atoms with Crippen LogP contribution < -0.4 is 11.3 Å². The van der Waals surface area contributed by atoms with Crippen molar-refractivity contribution in [3.63, 3.8) is 0 Å². The lowest BCUT2D eigenvalue weighted by Gasteiger charge is -2.35. The molecule has 1 aliphatic rings. The van der Waals surface area contributed by atoms with Gasteiger partial charge in [0.1, 0.15) is 0 Å². The monoisotopic (exact) mass is 189 g/mol. The number of hydrazine groups is 1. The lowest BCUT2D eigenvalue weighted by atomic mass is 10.2. The van der Waals surface area contributed by atoms with Gasteiger partial charge >= 0.3 is 6.03 Å². The highest BCUT2D eigenvalue weighted by Crippen LogP contribution is 2.10. The summed E-state index contributed by atoms with van der Waals surface area (Å²) < 4.78 is 5.35. The number of nitrogens with one attached hydrogen (secondary N) is 1. The number of aliphatic hydroxyl groups is 1. The van der Waals surface area contributed by atoms with E-state index in [0.717, 1.165) is 0 Å². The first kappa shape index (κ1) is 10.2. The second-order valence-electron chi connectivity index (χ2n) is 3.11. The molecule has 4 N–H and O–H groups in total. The largest absolute Gasteiger partial charge is 0.394 e. The molecule has 0 spiro atoms. The smallest absolute Gasteiger partial charge is 0.331 e. The molecule has 1 rings (SSSR count). The summed E-state index contributed by atoms with van der Waals surface area (Å²) in [6.45, 7) is 2.64. The fourth-order valence-electron chi connectivity index (χ4n) is 1.40. The SMILES string of the molecule is CC1CN(C(=O)NN)CC(CO)O1.